The number of amides is 2. The van der Waals surface area contributed by atoms with Crippen LogP contribution in [0, 0.1) is 0 Å². The van der Waals surface area contributed by atoms with Gasteiger partial charge in [0.25, 0.3) is 5.91 Å². The molecule has 0 saturated carbocycles. The Bertz CT molecular complexity index is 1080. The lowest BCUT2D eigenvalue weighted by Gasteiger charge is -2.25. The fraction of sp³-hybridized carbons (Fsp3) is 0.500. The standard InChI is InChI=1S/C28H36ClI3N4O2/c1-18(2)33-7-5-26-28(38)36(17-21-10-19(13-30)9-20(11-21)14-31)8-6-24(35-26)16-34-27(37)22-3-4-25(29)23(12-22)15-32/h3-4,9-12,18,24,26,33,35H,5-8,13-17H2,1-2H3,(H,34,37)/t24-,26-/m0/s1. The van der Waals surface area contributed by atoms with E-state index in [0.717, 1.165) is 31.8 Å². The molecule has 2 aromatic rings. The lowest BCUT2D eigenvalue weighted by atomic mass is 10.1. The number of benzene rings is 2. The van der Waals surface area contributed by atoms with Crippen LogP contribution in [0.5, 0.6) is 0 Å². The molecule has 38 heavy (non-hydrogen) atoms. The SMILES string of the molecule is CC(C)NCC[C@@H]1N[C@H](CNC(=O)c2ccc(Cl)c(CI)c2)CCN(Cc2cc(CI)cc(CI)c2)C1=O. The van der Waals surface area contributed by atoms with Crippen LogP contribution in [0.25, 0.3) is 0 Å². The molecule has 1 aliphatic rings. The minimum absolute atomic E-state index is 0.00103. The molecule has 2 atom stereocenters. The third-order valence-corrected chi connectivity index (χ3v) is 9.49. The highest BCUT2D eigenvalue weighted by Crippen LogP contribution is 2.21. The lowest BCUT2D eigenvalue weighted by molar-refractivity contribution is -0.133. The van der Waals surface area contributed by atoms with Gasteiger partial charge in [0.15, 0.2) is 0 Å². The van der Waals surface area contributed by atoms with Crippen molar-refractivity contribution in [2.45, 2.75) is 64.6 Å². The topological polar surface area (TPSA) is 73.5 Å². The molecule has 208 valence electrons. The Balaban J connectivity index is 1.72. The Labute approximate surface area is 272 Å². The number of carbonyl (C=O) groups excluding carboxylic acids is 2. The van der Waals surface area contributed by atoms with Crippen LogP contribution in [0.3, 0.4) is 0 Å². The molecular weight excluding hydrogens is 840 g/mol. The summed E-state index contributed by atoms with van der Waals surface area (Å²) in [7, 11) is 0. The first kappa shape index (κ1) is 32.3. The second kappa shape index (κ2) is 16.3. The second-order valence-electron chi connectivity index (χ2n) is 9.94. The second-order valence-corrected chi connectivity index (χ2v) is 12.6. The Morgan fingerprint density at radius 1 is 1.08 bits per heavy atom. The van der Waals surface area contributed by atoms with Crippen LogP contribution in [-0.4, -0.2) is 54.5 Å². The van der Waals surface area contributed by atoms with Crippen molar-refractivity contribution < 1.29 is 9.59 Å². The van der Waals surface area contributed by atoms with Gasteiger partial charge in [-0.15, -0.1) is 0 Å². The van der Waals surface area contributed by atoms with Gasteiger partial charge in [0.2, 0.25) is 5.91 Å². The molecule has 6 nitrogen and oxygen atoms in total. The number of nitrogens with one attached hydrogen (secondary N) is 3. The zero-order valence-electron chi connectivity index (χ0n) is 21.8. The van der Waals surface area contributed by atoms with E-state index in [1.165, 1.54) is 16.7 Å². The van der Waals surface area contributed by atoms with Crippen molar-refractivity contribution in [2.75, 3.05) is 19.6 Å². The van der Waals surface area contributed by atoms with Crippen molar-refractivity contribution in [3.63, 3.8) is 0 Å². The fourth-order valence-electron chi connectivity index (χ4n) is 4.56. The van der Waals surface area contributed by atoms with Crippen LogP contribution >= 0.6 is 79.4 Å². The summed E-state index contributed by atoms with van der Waals surface area (Å²) in [6, 6.07) is 12.1. The Kier molecular flexibility index (Phi) is 13.8. The molecule has 1 fully saturated rings. The van der Waals surface area contributed by atoms with Crippen LogP contribution in [0.1, 0.15) is 59.3 Å². The van der Waals surface area contributed by atoms with Crippen LogP contribution in [0.4, 0.5) is 0 Å². The predicted molar refractivity (Wildman–Crippen MR) is 182 cm³/mol. The zero-order valence-corrected chi connectivity index (χ0v) is 29.1. The molecule has 2 aromatic carbocycles. The normalized spacial score (nSPS) is 18.1. The maximum absolute atomic E-state index is 13.7. The smallest absolute Gasteiger partial charge is 0.251 e. The van der Waals surface area contributed by atoms with E-state index in [4.69, 9.17) is 11.6 Å². The highest BCUT2D eigenvalue weighted by Gasteiger charge is 2.31. The van der Waals surface area contributed by atoms with E-state index in [2.05, 4.69) is 116 Å². The first-order valence-electron chi connectivity index (χ1n) is 12.9. The quantitative estimate of drug-likeness (QED) is 0.180. The van der Waals surface area contributed by atoms with Gasteiger partial charge in [-0.2, -0.15) is 0 Å². The van der Waals surface area contributed by atoms with E-state index < -0.39 is 0 Å². The molecule has 3 N–H and O–H groups in total. The van der Waals surface area contributed by atoms with Crippen molar-refractivity contribution in [1.29, 1.82) is 0 Å². The summed E-state index contributed by atoms with van der Waals surface area (Å²) < 4.78 is 2.64. The highest BCUT2D eigenvalue weighted by atomic mass is 127. The van der Waals surface area contributed by atoms with E-state index in [-0.39, 0.29) is 23.9 Å². The number of halogens is 4. The summed E-state index contributed by atoms with van der Waals surface area (Å²) in [5.41, 5.74) is 5.32. The van der Waals surface area contributed by atoms with Gasteiger partial charge >= 0.3 is 0 Å². The van der Waals surface area contributed by atoms with Crippen LogP contribution < -0.4 is 16.0 Å². The van der Waals surface area contributed by atoms with Gasteiger partial charge in [0.05, 0.1) is 6.04 Å². The number of hydrogen-bond donors (Lipinski definition) is 3. The molecule has 0 spiro atoms. The van der Waals surface area contributed by atoms with Gasteiger partial charge in [0, 0.05) is 55.6 Å². The number of rotatable bonds is 12. The molecule has 0 aromatic heterocycles. The summed E-state index contributed by atoms with van der Waals surface area (Å²) >= 11 is 13.3. The molecule has 2 amide bonds. The van der Waals surface area contributed by atoms with E-state index in [9.17, 15) is 9.59 Å². The molecule has 0 bridgehead atoms. The van der Waals surface area contributed by atoms with Crippen molar-refractivity contribution in [3.8, 4) is 0 Å². The van der Waals surface area contributed by atoms with E-state index in [1.807, 2.05) is 11.0 Å². The summed E-state index contributed by atoms with van der Waals surface area (Å²) in [5, 5.41) is 10.8. The predicted octanol–water partition coefficient (Wildman–Crippen LogP) is 6.02. The number of alkyl halides is 3. The fourth-order valence-corrected chi connectivity index (χ4v) is 6.49. The zero-order chi connectivity index (χ0) is 27.7. The lowest BCUT2D eigenvalue weighted by Crippen LogP contribution is -2.49. The van der Waals surface area contributed by atoms with Crippen molar-refractivity contribution >= 4 is 91.2 Å². The molecule has 0 radical (unpaired) electrons. The maximum Gasteiger partial charge on any atom is 0.251 e. The van der Waals surface area contributed by atoms with Gasteiger partial charge in [-0.3, -0.25) is 9.59 Å². The van der Waals surface area contributed by atoms with Crippen molar-refractivity contribution in [1.82, 2.24) is 20.9 Å². The third-order valence-electron chi connectivity index (χ3n) is 6.54. The van der Waals surface area contributed by atoms with Gasteiger partial charge in [0.1, 0.15) is 0 Å². The maximum atomic E-state index is 13.7. The van der Waals surface area contributed by atoms with Gasteiger partial charge in [-0.05, 0) is 59.8 Å². The van der Waals surface area contributed by atoms with Gasteiger partial charge < -0.3 is 20.9 Å². The molecule has 3 rings (SSSR count). The van der Waals surface area contributed by atoms with E-state index in [0.29, 0.717) is 42.7 Å². The summed E-state index contributed by atoms with van der Waals surface area (Å²) in [5.74, 6) is 0.00614. The average molecular weight is 877 g/mol. The minimum Gasteiger partial charge on any atom is -0.350 e. The van der Waals surface area contributed by atoms with Gasteiger partial charge in [-0.1, -0.05) is 111 Å². The molecule has 1 heterocycles. The summed E-state index contributed by atoms with van der Waals surface area (Å²) in [6.45, 7) is 6.68. The summed E-state index contributed by atoms with van der Waals surface area (Å²) in [6.07, 6.45) is 1.46. The Morgan fingerprint density at radius 2 is 1.76 bits per heavy atom. The molecule has 0 unspecified atom stereocenters. The number of carbonyl (C=O) groups is 2. The Morgan fingerprint density at radius 3 is 2.39 bits per heavy atom. The number of hydrogen-bond acceptors (Lipinski definition) is 4. The third kappa shape index (κ3) is 9.71. The molecule has 1 saturated heterocycles. The monoisotopic (exact) mass is 876 g/mol. The molecule has 0 aliphatic carbocycles. The highest BCUT2D eigenvalue weighted by molar-refractivity contribution is 14.1. The van der Waals surface area contributed by atoms with E-state index >= 15 is 0 Å². The molecule has 10 heteroatoms. The molecule has 1 aliphatic heterocycles. The first-order valence-corrected chi connectivity index (χ1v) is 17.8. The largest absolute Gasteiger partial charge is 0.350 e. The van der Waals surface area contributed by atoms with Gasteiger partial charge in [-0.25, -0.2) is 0 Å². The van der Waals surface area contributed by atoms with Crippen molar-refractivity contribution in [3.05, 3.63) is 69.2 Å². The Hall–Kier alpha value is -0.220. The van der Waals surface area contributed by atoms with Crippen molar-refractivity contribution in [2.24, 2.45) is 0 Å². The van der Waals surface area contributed by atoms with Crippen LogP contribution in [0.2, 0.25) is 5.02 Å². The summed E-state index contributed by atoms with van der Waals surface area (Å²) in [4.78, 5) is 28.6. The first-order chi connectivity index (χ1) is 18.2. The van der Waals surface area contributed by atoms with Crippen LogP contribution in [0.15, 0.2) is 36.4 Å². The van der Waals surface area contributed by atoms with Crippen LogP contribution in [-0.2, 0) is 24.6 Å². The number of nitrogens with zero attached hydrogens (tertiary/aromatic N) is 1. The molecular formula is C28H36ClI3N4O2. The average Bonchev–Trinajstić information content (AvgIpc) is 3.05. The van der Waals surface area contributed by atoms with E-state index in [1.54, 1.807) is 12.1 Å². The minimum atomic E-state index is -0.302.